The summed E-state index contributed by atoms with van der Waals surface area (Å²) in [7, 11) is 2.12. The maximum Gasteiger partial charge on any atom is 0.0542 e. The Morgan fingerprint density at radius 2 is 0.800 bits per heavy atom. The third-order valence-corrected chi connectivity index (χ3v) is 12.7. The average molecular weight is 769 g/mol. The molecule has 0 atom stereocenters. The number of rotatable bonds is 6. The Kier molecular flexibility index (Phi) is 7.48. The van der Waals surface area contributed by atoms with Crippen molar-refractivity contribution in [3.05, 3.63) is 200 Å². The predicted molar refractivity (Wildman–Crippen MR) is 256 cm³/mol. The third-order valence-electron chi connectivity index (χ3n) is 12.7. The number of allylic oxidation sites excluding steroid dienone is 1. The molecule has 12 rings (SSSR count). The van der Waals surface area contributed by atoms with Gasteiger partial charge in [-0.15, -0.1) is 0 Å². The van der Waals surface area contributed by atoms with Gasteiger partial charge in [-0.05, 0) is 115 Å². The summed E-state index contributed by atoms with van der Waals surface area (Å²) in [5, 5.41) is 8.67. The van der Waals surface area contributed by atoms with Gasteiger partial charge in [-0.2, -0.15) is 0 Å². The Morgan fingerprint density at radius 1 is 0.383 bits per heavy atom. The predicted octanol–water partition coefficient (Wildman–Crippen LogP) is 14.8. The molecule has 0 bridgehead atoms. The summed E-state index contributed by atoms with van der Waals surface area (Å²) in [6.45, 7) is 6.20. The molecule has 4 heterocycles. The van der Waals surface area contributed by atoms with Crippen LogP contribution in [0.3, 0.4) is 0 Å². The van der Waals surface area contributed by atoms with Crippen LogP contribution in [-0.4, -0.2) is 18.3 Å². The first-order chi connectivity index (χ1) is 29.6. The SMILES string of the molecule is C=Cc1c(/C=C\C)c2cc(-n3c4ccccc4c4cc(-c5ccc6c(c5)c5ccccc5n6-c5ccc6c(c5)c5ccccc5n6-c5ccccc5)ccc43)ccc2n1C. The molecule has 4 aromatic heterocycles. The Labute approximate surface area is 347 Å². The molecule has 0 N–H and O–H groups in total. The van der Waals surface area contributed by atoms with Gasteiger partial charge in [0.25, 0.3) is 0 Å². The highest BCUT2D eigenvalue weighted by Crippen LogP contribution is 2.41. The number of aryl methyl sites for hydroxylation is 1. The first kappa shape index (κ1) is 34.2. The lowest BCUT2D eigenvalue weighted by Gasteiger charge is -2.11. The van der Waals surface area contributed by atoms with Crippen LogP contribution in [-0.2, 0) is 7.05 Å². The summed E-state index contributed by atoms with van der Waals surface area (Å²) < 4.78 is 9.46. The first-order valence-electron chi connectivity index (χ1n) is 20.6. The second-order valence-electron chi connectivity index (χ2n) is 15.8. The molecule has 12 aromatic rings. The fourth-order valence-corrected chi connectivity index (χ4v) is 10.0. The van der Waals surface area contributed by atoms with E-state index in [9.17, 15) is 0 Å². The molecule has 0 aliphatic heterocycles. The molecule has 0 radical (unpaired) electrons. The van der Waals surface area contributed by atoms with Crippen molar-refractivity contribution >= 4 is 88.5 Å². The van der Waals surface area contributed by atoms with Crippen LogP contribution >= 0.6 is 0 Å². The molecule has 4 nitrogen and oxygen atoms in total. The summed E-state index contributed by atoms with van der Waals surface area (Å²) in [4.78, 5) is 0. The maximum atomic E-state index is 4.13. The number of hydrogen-bond donors (Lipinski definition) is 0. The van der Waals surface area contributed by atoms with E-state index in [1.165, 1.54) is 98.7 Å². The van der Waals surface area contributed by atoms with E-state index in [0.717, 1.165) is 17.1 Å². The molecule has 4 heteroatoms. The van der Waals surface area contributed by atoms with Crippen LogP contribution < -0.4 is 0 Å². The second-order valence-corrected chi connectivity index (χ2v) is 15.8. The minimum absolute atomic E-state index is 1.13. The van der Waals surface area contributed by atoms with Gasteiger partial charge < -0.3 is 18.3 Å². The van der Waals surface area contributed by atoms with E-state index in [0.29, 0.717) is 0 Å². The molecule has 60 heavy (non-hydrogen) atoms. The molecular formula is C56H40N4. The first-order valence-corrected chi connectivity index (χ1v) is 20.6. The van der Waals surface area contributed by atoms with Crippen LogP contribution in [0.25, 0.3) is 117 Å². The smallest absolute Gasteiger partial charge is 0.0542 e. The summed E-state index contributed by atoms with van der Waals surface area (Å²) >= 11 is 0. The van der Waals surface area contributed by atoms with Crippen molar-refractivity contribution < 1.29 is 0 Å². The van der Waals surface area contributed by atoms with Gasteiger partial charge >= 0.3 is 0 Å². The van der Waals surface area contributed by atoms with E-state index in [4.69, 9.17) is 0 Å². The van der Waals surface area contributed by atoms with Gasteiger partial charge in [0, 0.05) is 78.6 Å². The number of para-hydroxylation sites is 4. The number of fused-ring (bicyclic) bond motifs is 10. The maximum absolute atomic E-state index is 4.13. The molecule has 0 saturated heterocycles. The zero-order valence-corrected chi connectivity index (χ0v) is 33.5. The highest BCUT2D eigenvalue weighted by atomic mass is 15.0. The lowest BCUT2D eigenvalue weighted by atomic mass is 10.0. The van der Waals surface area contributed by atoms with Crippen LogP contribution in [0.15, 0.2) is 189 Å². The van der Waals surface area contributed by atoms with E-state index in [-0.39, 0.29) is 0 Å². The van der Waals surface area contributed by atoms with E-state index in [2.05, 4.69) is 227 Å². The number of aromatic nitrogens is 4. The molecule has 0 spiro atoms. The fraction of sp³-hybridized carbons (Fsp3) is 0.0357. The van der Waals surface area contributed by atoms with Crippen molar-refractivity contribution in [2.75, 3.05) is 0 Å². The Balaban J connectivity index is 1.01. The molecule has 0 saturated carbocycles. The Hall–Kier alpha value is -7.82. The van der Waals surface area contributed by atoms with Gasteiger partial charge in [0.1, 0.15) is 0 Å². The minimum Gasteiger partial charge on any atom is -0.344 e. The molecule has 0 fully saturated rings. The quantitative estimate of drug-likeness (QED) is 0.161. The Morgan fingerprint density at radius 3 is 1.32 bits per heavy atom. The van der Waals surface area contributed by atoms with Crippen LogP contribution in [0.2, 0.25) is 0 Å². The van der Waals surface area contributed by atoms with Gasteiger partial charge in [-0.1, -0.05) is 104 Å². The molecule has 0 amide bonds. The summed E-state index contributed by atoms with van der Waals surface area (Å²) in [6.07, 6.45) is 6.26. The van der Waals surface area contributed by atoms with E-state index in [1.807, 2.05) is 6.08 Å². The van der Waals surface area contributed by atoms with E-state index < -0.39 is 0 Å². The van der Waals surface area contributed by atoms with Crippen molar-refractivity contribution in [2.24, 2.45) is 7.05 Å². The molecule has 0 unspecified atom stereocenters. The molecule has 284 valence electrons. The van der Waals surface area contributed by atoms with Crippen molar-refractivity contribution in [2.45, 2.75) is 6.92 Å². The van der Waals surface area contributed by atoms with Crippen LogP contribution in [0.4, 0.5) is 0 Å². The Bertz CT molecular complexity index is 3750. The number of nitrogens with zero attached hydrogens (tertiary/aromatic N) is 4. The van der Waals surface area contributed by atoms with E-state index in [1.54, 1.807) is 0 Å². The second kappa shape index (κ2) is 13.1. The van der Waals surface area contributed by atoms with Crippen molar-refractivity contribution in [3.63, 3.8) is 0 Å². The lowest BCUT2D eigenvalue weighted by Crippen LogP contribution is -1.95. The summed E-state index contributed by atoms with van der Waals surface area (Å²) in [5.74, 6) is 0. The lowest BCUT2D eigenvalue weighted by molar-refractivity contribution is 0.953. The van der Waals surface area contributed by atoms with E-state index >= 15 is 0 Å². The van der Waals surface area contributed by atoms with Crippen LogP contribution in [0, 0.1) is 0 Å². The minimum atomic E-state index is 1.13. The van der Waals surface area contributed by atoms with Crippen molar-refractivity contribution in [1.29, 1.82) is 0 Å². The summed E-state index contributed by atoms with van der Waals surface area (Å²) in [6, 6.07) is 64.7. The van der Waals surface area contributed by atoms with Crippen molar-refractivity contribution in [1.82, 2.24) is 18.3 Å². The topological polar surface area (TPSA) is 19.7 Å². The monoisotopic (exact) mass is 768 g/mol. The summed E-state index contributed by atoms with van der Waals surface area (Å²) in [5.41, 5.74) is 16.6. The van der Waals surface area contributed by atoms with Gasteiger partial charge in [0.05, 0.1) is 33.1 Å². The van der Waals surface area contributed by atoms with Gasteiger partial charge in [-0.25, -0.2) is 0 Å². The van der Waals surface area contributed by atoms with Crippen LogP contribution in [0.1, 0.15) is 18.2 Å². The largest absolute Gasteiger partial charge is 0.344 e. The molecule has 8 aromatic carbocycles. The highest BCUT2D eigenvalue weighted by molar-refractivity contribution is 6.14. The zero-order valence-electron chi connectivity index (χ0n) is 33.5. The normalized spacial score (nSPS) is 12.2. The molecule has 0 aliphatic rings. The molecular weight excluding hydrogens is 729 g/mol. The number of hydrogen-bond acceptors (Lipinski definition) is 0. The zero-order chi connectivity index (χ0) is 40.1. The third kappa shape index (κ3) is 4.85. The number of benzene rings is 8. The standard InChI is InChI=1S/C56H40N4/c1-4-15-41-47-34-39(26-30-50(47)57(3)49(41)5-2)59-52-22-13-9-18-42(52)45-32-36(24-28-54(45)59)37-25-29-55-46(33-37)43-19-10-14-23-53(43)60(55)40-27-31-56-48(35-40)44-20-11-12-21-51(44)58(56)38-16-7-6-8-17-38/h4-35H,2H2,1,3H3/b15-4-. The van der Waals surface area contributed by atoms with Crippen LogP contribution in [0.5, 0.6) is 0 Å². The van der Waals surface area contributed by atoms with Gasteiger partial charge in [0.2, 0.25) is 0 Å². The molecule has 0 aliphatic carbocycles. The average Bonchev–Trinajstić information content (AvgIpc) is 4.00. The van der Waals surface area contributed by atoms with Gasteiger partial charge in [-0.3, -0.25) is 0 Å². The fourth-order valence-electron chi connectivity index (χ4n) is 10.0. The highest BCUT2D eigenvalue weighted by Gasteiger charge is 2.19. The van der Waals surface area contributed by atoms with Gasteiger partial charge in [0.15, 0.2) is 0 Å². The van der Waals surface area contributed by atoms with Crippen molar-refractivity contribution in [3.8, 4) is 28.2 Å².